The third-order valence-corrected chi connectivity index (χ3v) is 6.57. The summed E-state index contributed by atoms with van der Waals surface area (Å²) in [4.78, 5) is 18.8. The molecule has 180 valence electrons. The largest absolute Gasteiger partial charge is 0.490 e. The summed E-state index contributed by atoms with van der Waals surface area (Å²) in [5.74, 6) is 0.873. The molecule has 2 aliphatic heterocycles. The zero-order valence-electron chi connectivity index (χ0n) is 20.0. The average molecular weight is 496 g/mol. The number of fused-ring (bicyclic) bond motifs is 1. The highest BCUT2D eigenvalue weighted by molar-refractivity contribution is 8.17. The van der Waals surface area contributed by atoms with Crippen LogP contribution in [-0.2, 0) is 11.4 Å². The van der Waals surface area contributed by atoms with Crippen molar-refractivity contribution in [2.75, 3.05) is 6.61 Å². The summed E-state index contributed by atoms with van der Waals surface area (Å²) < 4.78 is 11.9. The van der Waals surface area contributed by atoms with Crippen molar-refractivity contribution in [1.82, 2.24) is 4.90 Å². The predicted molar refractivity (Wildman–Crippen MR) is 145 cm³/mol. The fourth-order valence-corrected chi connectivity index (χ4v) is 4.94. The van der Waals surface area contributed by atoms with E-state index in [4.69, 9.17) is 14.9 Å². The lowest BCUT2D eigenvalue weighted by atomic mass is 10.1. The molecule has 0 spiro atoms. The monoisotopic (exact) mass is 495 g/mol. The van der Waals surface area contributed by atoms with Gasteiger partial charge in [0.25, 0.3) is 5.91 Å². The molecule has 0 unspecified atom stereocenters. The van der Waals surface area contributed by atoms with Crippen LogP contribution in [0.5, 0.6) is 11.5 Å². The highest BCUT2D eigenvalue weighted by atomic mass is 32.2. The number of ether oxygens (including phenoxy) is 2. The first kappa shape index (κ1) is 23.6. The molecule has 0 aromatic heterocycles. The molecule has 5 rings (SSSR count). The number of carbonyl (C=O) groups is 1. The minimum atomic E-state index is -0.431. The highest BCUT2D eigenvalue weighted by Crippen LogP contribution is 2.38. The first-order valence-corrected chi connectivity index (χ1v) is 12.5. The van der Waals surface area contributed by atoms with E-state index in [1.165, 1.54) is 17.3 Å². The van der Waals surface area contributed by atoms with Gasteiger partial charge in [-0.25, -0.2) is 0 Å². The summed E-state index contributed by atoms with van der Waals surface area (Å²) in [6.07, 6.45) is 1.68. The molecule has 7 heteroatoms. The molecule has 0 saturated carbocycles. The van der Waals surface area contributed by atoms with Gasteiger partial charge in [0.15, 0.2) is 16.7 Å². The Bertz CT molecular complexity index is 1430. The maximum atomic E-state index is 12.8. The van der Waals surface area contributed by atoms with Crippen LogP contribution in [0, 0.1) is 12.3 Å². The number of carbonyl (C=O) groups excluding carboxylic acids is 1. The Morgan fingerprint density at radius 3 is 2.61 bits per heavy atom. The van der Waals surface area contributed by atoms with Gasteiger partial charge in [0.05, 0.1) is 17.9 Å². The van der Waals surface area contributed by atoms with Crippen LogP contribution in [-0.4, -0.2) is 28.4 Å². The number of aliphatic imine (C=N–C) groups is 1. The van der Waals surface area contributed by atoms with Gasteiger partial charge in [0.2, 0.25) is 0 Å². The van der Waals surface area contributed by atoms with Crippen LogP contribution in [0.3, 0.4) is 0 Å². The van der Waals surface area contributed by atoms with E-state index in [0.717, 1.165) is 22.4 Å². The Labute approximate surface area is 214 Å². The molecule has 2 aliphatic rings. The first-order chi connectivity index (χ1) is 17.5. The van der Waals surface area contributed by atoms with E-state index in [0.29, 0.717) is 29.9 Å². The van der Waals surface area contributed by atoms with Crippen molar-refractivity contribution in [1.29, 1.82) is 5.41 Å². The molecule has 0 radical (unpaired) electrons. The van der Waals surface area contributed by atoms with Gasteiger partial charge in [-0.05, 0) is 48.7 Å². The molecule has 1 amide bonds. The van der Waals surface area contributed by atoms with Crippen molar-refractivity contribution in [2.24, 2.45) is 4.99 Å². The number of thioether (sulfide) groups is 1. The molecule has 6 nitrogen and oxygen atoms in total. The van der Waals surface area contributed by atoms with Gasteiger partial charge in [0, 0.05) is 5.41 Å². The van der Waals surface area contributed by atoms with E-state index in [1.807, 2.05) is 86.0 Å². The van der Waals surface area contributed by atoms with Gasteiger partial charge >= 0.3 is 0 Å². The lowest BCUT2D eigenvalue weighted by Crippen LogP contribution is -2.38. The Morgan fingerprint density at radius 1 is 1.00 bits per heavy atom. The molecular formula is C29H25N3O3S. The standard InChI is InChI=1S/C29H25N3O3S/c1-3-34-26-16-20(12-13-25(26)35-17-21-9-7-8-19(2)14-21)15-23-27(30)32-24(22-10-5-4-6-11-22)18-36-29(32)31-28(23)33/h4-16,18,30H,3,17H2,1-2H3. The van der Waals surface area contributed by atoms with Crippen molar-refractivity contribution >= 4 is 40.4 Å². The van der Waals surface area contributed by atoms with Crippen molar-refractivity contribution in [3.05, 3.63) is 106 Å². The molecule has 0 fully saturated rings. The Morgan fingerprint density at radius 2 is 1.83 bits per heavy atom. The van der Waals surface area contributed by atoms with Crippen molar-refractivity contribution in [3.63, 3.8) is 0 Å². The highest BCUT2D eigenvalue weighted by Gasteiger charge is 2.36. The summed E-state index contributed by atoms with van der Waals surface area (Å²) in [5, 5.41) is 11.3. The minimum Gasteiger partial charge on any atom is -0.490 e. The third kappa shape index (κ3) is 4.83. The molecule has 0 saturated heterocycles. The number of hydrogen-bond donors (Lipinski definition) is 1. The molecule has 0 aliphatic carbocycles. The van der Waals surface area contributed by atoms with Crippen molar-refractivity contribution < 1.29 is 14.3 Å². The zero-order valence-corrected chi connectivity index (χ0v) is 20.8. The zero-order chi connectivity index (χ0) is 25.1. The number of hydrogen-bond acceptors (Lipinski definition) is 5. The van der Waals surface area contributed by atoms with E-state index in [-0.39, 0.29) is 11.4 Å². The summed E-state index contributed by atoms with van der Waals surface area (Å²) >= 11 is 1.35. The molecule has 0 atom stereocenters. The summed E-state index contributed by atoms with van der Waals surface area (Å²) in [6, 6.07) is 23.5. The van der Waals surface area contributed by atoms with Gasteiger partial charge in [0.1, 0.15) is 12.4 Å². The number of amides is 1. The van der Waals surface area contributed by atoms with E-state index in [9.17, 15) is 4.79 Å². The second kappa shape index (κ2) is 10.3. The molecule has 1 N–H and O–H groups in total. The Balaban J connectivity index is 1.41. The van der Waals surface area contributed by atoms with Crippen LogP contribution < -0.4 is 9.47 Å². The number of rotatable bonds is 7. The van der Waals surface area contributed by atoms with Gasteiger partial charge in [-0.2, -0.15) is 4.99 Å². The van der Waals surface area contributed by atoms with E-state index >= 15 is 0 Å². The number of benzene rings is 3. The van der Waals surface area contributed by atoms with Crippen LogP contribution >= 0.6 is 11.8 Å². The third-order valence-electron chi connectivity index (χ3n) is 5.74. The lowest BCUT2D eigenvalue weighted by molar-refractivity contribution is -0.114. The van der Waals surface area contributed by atoms with Crippen LogP contribution in [0.4, 0.5) is 0 Å². The normalized spacial score (nSPS) is 16.1. The second-order valence-corrected chi connectivity index (χ2v) is 9.18. The maximum Gasteiger partial charge on any atom is 0.283 e. The molecule has 3 aromatic carbocycles. The van der Waals surface area contributed by atoms with Gasteiger partial charge in [-0.15, -0.1) is 0 Å². The van der Waals surface area contributed by atoms with E-state index in [2.05, 4.69) is 11.1 Å². The first-order valence-electron chi connectivity index (χ1n) is 11.6. The number of aryl methyl sites for hydroxylation is 1. The summed E-state index contributed by atoms with van der Waals surface area (Å²) in [7, 11) is 0. The number of amidine groups is 2. The van der Waals surface area contributed by atoms with Crippen LogP contribution in [0.2, 0.25) is 0 Å². The predicted octanol–water partition coefficient (Wildman–Crippen LogP) is 6.28. The van der Waals surface area contributed by atoms with Crippen LogP contribution in [0.1, 0.15) is 29.2 Å². The van der Waals surface area contributed by atoms with E-state index < -0.39 is 5.91 Å². The maximum absolute atomic E-state index is 12.8. The molecular weight excluding hydrogens is 470 g/mol. The van der Waals surface area contributed by atoms with Crippen molar-refractivity contribution in [3.8, 4) is 11.5 Å². The average Bonchev–Trinajstić information content (AvgIpc) is 3.31. The quantitative estimate of drug-likeness (QED) is 0.391. The number of nitrogens with zero attached hydrogens (tertiary/aromatic N) is 2. The van der Waals surface area contributed by atoms with Gasteiger partial charge in [-0.3, -0.25) is 15.1 Å². The topological polar surface area (TPSA) is 75.0 Å². The Kier molecular flexibility index (Phi) is 6.73. The smallest absolute Gasteiger partial charge is 0.283 e. The SMILES string of the molecule is CCOc1cc(C=C2C(=N)N3C(c4ccccc4)=CSC3=NC2=O)ccc1OCc1cccc(C)c1. The second-order valence-electron chi connectivity index (χ2n) is 8.35. The summed E-state index contributed by atoms with van der Waals surface area (Å²) in [6.45, 7) is 4.85. The van der Waals surface area contributed by atoms with Crippen LogP contribution in [0.15, 0.2) is 88.8 Å². The lowest BCUT2D eigenvalue weighted by Gasteiger charge is -2.27. The fraction of sp³-hybridized carbons (Fsp3) is 0.138. The van der Waals surface area contributed by atoms with Crippen LogP contribution in [0.25, 0.3) is 11.8 Å². The fourth-order valence-electron chi connectivity index (χ4n) is 4.05. The molecule has 3 aromatic rings. The van der Waals surface area contributed by atoms with Gasteiger partial charge in [-0.1, -0.05) is 78.0 Å². The molecule has 2 heterocycles. The van der Waals surface area contributed by atoms with E-state index in [1.54, 1.807) is 11.0 Å². The number of nitrogens with one attached hydrogen (secondary N) is 1. The molecule has 0 bridgehead atoms. The minimum absolute atomic E-state index is 0.0998. The Hall–Kier alpha value is -4.10. The van der Waals surface area contributed by atoms with Gasteiger partial charge < -0.3 is 9.47 Å². The van der Waals surface area contributed by atoms with Crippen molar-refractivity contribution in [2.45, 2.75) is 20.5 Å². The summed E-state index contributed by atoms with van der Waals surface area (Å²) in [5.41, 5.74) is 4.99. The molecule has 36 heavy (non-hydrogen) atoms.